The molecule has 1 saturated carbocycles. The average Bonchev–Trinajstić information content (AvgIpc) is 2.99. The Bertz CT molecular complexity index is 419. The maximum atomic E-state index is 11.8. The van der Waals surface area contributed by atoms with E-state index in [2.05, 4.69) is 15.5 Å². The number of nitrogens with zero attached hydrogens (tertiary/aromatic N) is 2. The average molecular weight is 266 g/mol. The Morgan fingerprint density at radius 3 is 3.00 bits per heavy atom. The van der Waals surface area contributed by atoms with Gasteiger partial charge >= 0.3 is 0 Å². The highest BCUT2D eigenvalue weighted by Crippen LogP contribution is 2.26. The summed E-state index contributed by atoms with van der Waals surface area (Å²) in [5, 5.41) is 6.73. The summed E-state index contributed by atoms with van der Waals surface area (Å²) < 4.78 is 5.00. The van der Waals surface area contributed by atoms with Crippen LogP contribution >= 0.6 is 0 Å². The van der Waals surface area contributed by atoms with Crippen molar-refractivity contribution in [2.45, 2.75) is 51.5 Å². The van der Waals surface area contributed by atoms with Crippen LogP contribution in [0.2, 0.25) is 0 Å². The molecule has 1 amide bonds. The summed E-state index contributed by atoms with van der Waals surface area (Å²) in [5.74, 6) is 1.70. The third-order valence-electron chi connectivity index (χ3n) is 3.65. The molecule has 0 bridgehead atoms. The van der Waals surface area contributed by atoms with Crippen LogP contribution in [0.1, 0.15) is 44.3 Å². The number of rotatable bonds is 6. The van der Waals surface area contributed by atoms with E-state index in [0.29, 0.717) is 37.0 Å². The van der Waals surface area contributed by atoms with Gasteiger partial charge in [0, 0.05) is 31.8 Å². The lowest BCUT2D eigenvalue weighted by Crippen LogP contribution is -2.32. The lowest BCUT2D eigenvalue weighted by Gasteiger charge is -2.14. The fraction of sp³-hybridized carbons (Fsp3) is 0.769. The molecule has 6 nitrogen and oxygen atoms in total. The second-order valence-electron chi connectivity index (χ2n) is 5.12. The van der Waals surface area contributed by atoms with Gasteiger partial charge in [-0.15, -0.1) is 0 Å². The Morgan fingerprint density at radius 1 is 1.53 bits per heavy atom. The standard InChI is InChI=1S/C13H22N4O2/c1-2-13-16-11(17-19-13)6-7-15-12(18)8-9-4-3-5-10(9)14/h9-10H,2-8,14H2,1H3,(H,15,18)/t9-,10+/m0/s1. The number of carbonyl (C=O) groups is 1. The van der Waals surface area contributed by atoms with E-state index in [1.807, 2.05) is 6.92 Å². The van der Waals surface area contributed by atoms with Crippen LogP contribution in [0.5, 0.6) is 0 Å². The molecule has 0 saturated heterocycles. The number of hydrogen-bond donors (Lipinski definition) is 2. The third-order valence-corrected chi connectivity index (χ3v) is 3.65. The van der Waals surface area contributed by atoms with Gasteiger partial charge in [-0.25, -0.2) is 0 Å². The monoisotopic (exact) mass is 266 g/mol. The smallest absolute Gasteiger partial charge is 0.226 e. The molecule has 1 aliphatic carbocycles. The maximum Gasteiger partial charge on any atom is 0.226 e. The maximum absolute atomic E-state index is 11.8. The van der Waals surface area contributed by atoms with Crippen LogP contribution in [0.4, 0.5) is 0 Å². The van der Waals surface area contributed by atoms with Crippen molar-refractivity contribution in [3.8, 4) is 0 Å². The van der Waals surface area contributed by atoms with Crippen molar-refractivity contribution in [3.63, 3.8) is 0 Å². The van der Waals surface area contributed by atoms with Crippen molar-refractivity contribution in [2.24, 2.45) is 11.7 Å². The summed E-state index contributed by atoms with van der Waals surface area (Å²) in [5.41, 5.74) is 5.95. The molecular formula is C13H22N4O2. The zero-order valence-electron chi connectivity index (χ0n) is 11.4. The van der Waals surface area contributed by atoms with E-state index in [0.717, 1.165) is 25.7 Å². The van der Waals surface area contributed by atoms with Gasteiger partial charge in [0.1, 0.15) is 0 Å². The first-order chi connectivity index (χ1) is 9.19. The van der Waals surface area contributed by atoms with Gasteiger partial charge in [0.15, 0.2) is 5.82 Å². The molecule has 1 heterocycles. The van der Waals surface area contributed by atoms with E-state index in [1.165, 1.54) is 0 Å². The number of aromatic nitrogens is 2. The van der Waals surface area contributed by atoms with Crippen LogP contribution in [-0.4, -0.2) is 28.6 Å². The van der Waals surface area contributed by atoms with E-state index in [4.69, 9.17) is 10.3 Å². The van der Waals surface area contributed by atoms with Gasteiger partial charge in [-0.05, 0) is 18.8 Å². The van der Waals surface area contributed by atoms with Crippen LogP contribution in [-0.2, 0) is 17.6 Å². The minimum absolute atomic E-state index is 0.0709. The molecule has 3 N–H and O–H groups in total. The predicted octanol–water partition coefficient (Wildman–Crippen LogP) is 0.808. The first-order valence-corrected chi connectivity index (χ1v) is 7.02. The summed E-state index contributed by atoms with van der Waals surface area (Å²) in [6, 6.07) is 0.190. The Morgan fingerprint density at radius 2 is 2.37 bits per heavy atom. The van der Waals surface area contributed by atoms with Crippen molar-refractivity contribution in [3.05, 3.63) is 11.7 Å². The highest BCUT2D eigenvalue weighted by atomic mass is 16.5. The molecule has 19 heavy (non-hydrogen) atoms. The van der Waals surface area contributed by atoms with Gasteiger partial charge in [0.05, 0.1) is 0 Å². The zero-order chi connectivity index (χ0) is 13.7. The number of hydrogen-bond acceptors (Lipinski definition) is 5. The fourth-order valence-electron chi connectivity index (χ4n) is 2.48. The molecule has 1 fully saturated rings. The van der Waals surface area contributed by atoms with Gasteiger partial charge < -0.3 is 15.6 Å². The fourth-order valence-corrected chi connectivity index (χ4v) is 2.48. The highest BCUT2D eigenvalue weighted by Gasteiger charge is 2.25. The minimum atomic E-state index is 0.0709. The first-order valence-electron chi connectivity index (χ1n) is 7.02. The summed E-state index contributed by atoms with van der Waals surface area (Å²) in [6.45, 7) is 2.51. The second kappa shape index (κ2) is 6.65. The number of aryl methyl sites for hydroxylation is 1. The van der Waals surface area contributed by atoms with Crippen LogP contribution in [0, 0.1) is 5.92 Å². The molecule has 0 aliphatic heterocycles. The van der Waals surface area contributed by atoms with E-state index in [-0.39, 0.29) is 11.9 Å². The summed E-state index contributed by atoms with van der Waals surface area (Å²) in [6.07, 6.45) is 5.13. The SMILES string of the molecule is CCc1nc(CCNC(=O)C[C@@H]2CCC[C@H]2N)no1. The molecule has 0 spiro atoms. The molecular weight excluding hydrogens is 244 g/mol. The number of nitrogens with two attached hydrogens (primary N) is 1. The molecule has 1 aromatic heterocycles. The van der Waals surface area contributed by atoms with Crippen molar-refractivity contribution in [1.29, 1.82) is 0 Å². The van der Waals surface area contributed by atoms with Crippen molar-refractivity contribution in [2.75, 3.05) is 6.54 Å². The van der Waals surface area contributed by atoms with E-state index in [9.17, 15) is 4.79 Å². The Hall–Kier alpha value is -1.43. The topological polar surface area (TPSA) is 94.0 Å². The van der Waals surface area contributed by atoms with Gasteiger partial charge in [-0.1, -0.05) is 18.5 Å². The largest absolute Gasteiger partial charge is 0.356 e. The predicted molar refractivity (Wildman–Crippen MR) is 70.3 cm³/mol. The van der Waals surface area contributed by atoms with Crippen LogP contribution < -0.4 is 11.1 Å². The minimum Gasteiger partial charge on any atom is -0.356 e. The number of carbonyl (C=O) groups excluding carboxylic acids is 1. The van der Waals surface area contributed by atoms with Crippen LogP contribution in [0.3, 0.4) is 0 Å². The molecule has 0 aromatic carbocycles. The molecule has 6 heteroatoms. The normalized spacial score (nSPS) is 22.6. The van der Waals surface area contributed by atoms with Crippen molar-refractivity contribution in [1.82, 2.24) is 15.5 Å². The van der Waals surface area contributed by atoms with E-state index < -0.39 is 0 Å². The molecule has 106 valence electrons. The Kier molecular flexibility index (Phi) is 4.90. The van der Waals surface area contributed by atoms with Crippen molar-refractivity contribution < 1.29 is 9.32 Å². The molecule has 2 atom stereocenters. The number of nitrogens with one attached hydrogen (secondary N) is 1. The molecule has 1 aliphatic rings. The lowest BCUT2D eigenvalue weighted by molar-refractivity contribution is -0.122. The summed E-state index contributed by atoms with van der Waals surface area (Å²) >= 11 is 0. The Labute approximate surface area is 113 Å². The lowest BCUT2D eigenvalue weighted by atomic mass is 10.00. The molecule has 0 unspecified atom stereocenters. The number of amides is 1. The van der Waals surface area contributed by atoms with E-state index >= 15 is 0 Å². The molecule has 1 aromatic rings. The summed E-state index contributed by atoms with van der Waals surface area (Å²) in [4.78, 5) is 16.0. The van der Waals surface area contributed by atoms with Crippen LogP contribution in [0.25, 0.3) is 0 Å². The van der Waals surface area contributed by atoms with Gasteiger partial charge in [0.2, 0.25) is 11.8 Å². The Balaban J connectivity index is 1.66. The summed E-state index contributed by atoms with van der Waals surface area (Å²) in [7, 11) is 0. The molecule has 2 rings (SSSR count). The highest BCUT2D eigenvalue weighted by molar-refractivity contribution is 5.76. The van der Waals surface area contributed by atoms with Crippen LogP contribution in [0.15, 0.2) is 4.52 Å². The quantitative estimate of drug-likeness (QED) is 0.794. The van der Waals surface area contributed by atoms with Gasteiger partial charge in [-0.3, -0.25) is 4.79 Å². The van der Waals surface area contributed by atoms with Gasteiger partial charge in [0.25, 0.3) is 0 Å². The molecule has 0 radical (unpaired) electrons. The van der Waals surface area contributed by atoms with E-state index in [1.54, 1.807) is 0 Å². The van der Waals surface area contributed by atoms with Gasteiger partial charge in [-0.2, -0.15) is 4.98 Å². The third kappa shape index (κ3) is 4.02. The second-order valence-corrected chi connectivity index (χ2v) is 5.12. The first kappa shape index (κ1) is 14.0. The zero-order valence-corrected chi connectivity index (χ0v) is 11.4. The van der Waals surface area contributed by atoms with Crippen molar-refractivity contribution >= 4 is 5.91 Å².